The van der Waals surface area contributed by atoms with Crippen LogP contribution < -0.4 is 25.4 Å². The number of anilines is 1. The molecule has 1 aliphatic rings. The molecule has 0 radical (unpaired) electrons. The number of nitrogens with two attached hydrogens (primary N) is 1. The molecular formula is C21H25N3O4. The zero-order valence-corrected chi connectivity index (χ0v) is 16.3. The SMILES string of the molecule is COc1cc(OC)cc(N2CCC(NC(=O)C(C)(N)c3ccccc3)C2=O)c1. The van der Waals surface area contributed by atoms with E-state index in [-0.39, 0.29) is 11.8 Å². The highest BCUT2D eigenvalue weighted by Crippen LogP contribution is 2.31. The third-order valence-electron chi connectivity index (χ3n) is 5.00. The molecule has 3 N–H and O–H groups in total. The molecule has 0 bridgehead atoms. The van der Waals surface area contributed by atoms with E-state index in [4.69, 9.17) is 15.2 Å². The first-order valence-corrected chi connectivity index (χ1v) is 9.06. The van der Waals surface area contributed by atoms with Crippen LogP contribution in [0, 0.1) is 0 Å². The molecular weight excluding hydrogens is 358 g/mol. The van der Waals surface area contributed by atoms with Crippen molar-refractivity contribution in [2.24, 2.45) is 5.73 Å². The highest BCUT2D eigenvalue weighted by atomic mass is 16.5. The first-order chi connectivity index (χ1) is 13.4. The second-order valence-electron chi connectivity index (χ2n) is 6.94. The van der Waals surface area contributed by atoms with Crippen LogP contribution in [-0.4, -0.2) is 38.6 Å². The van der Waals surface area contributed by atoms with Crippen molar-refractivity contribution in [2.75, 3.05) is 25.7 Å². The number of rotatable bonds is 6. The van der Waals surface area contributed by atoms with E-state index in [0.717, 1.165) is 0 Å². The summed E-state index contributed by atoms with van der Waals surface area (Å²) in [6, 6.07) is 13.7. The van der Waals surface area contributed by atoms with E-state index in [0.29, 0.717) is 35.7 Å². The van der Waals surface area contributed by atoms with Gasteiger partial charge >= 0.3 is 0 Å². The normalized spacial score (nSPS) is 18.5. The van der Waals surface area contributed by atoms with Crippen molar-refractivity contribution in [3.05, 3.63) is 54.1 Å². The van der Waals surface area contributed by atoms with Crippen LogP contribution in [0.2, 0.25) is 0 Å². The second-order valence-corrected chi connectivity index (χ2v) is 6.94. The second kappa shape index (κ2) is 7.90. The fourth-order valence-electron chi connectivity index (χ4n) is 3.24. The van der Waals surface area contributed by atoms with Gasteiger partial charge in [0.05, 0.1) is 19.9 Å². The molecule has 7 nitrogen and oxygen atoms in total. The molecule has 3 rings (SSSR count). The van der Waals surface area contributed by atoms with Crippen molar-refractivity contribution in [3.8, 4) is 11.5 Å². The number of hydrogen-bond acceptors (Lipinski definition) is 5. The van der Waals surface area contributed by atoms with Gasteiger partial charge in [-0.2, -0.15) is 0 Å². The maximum Gasteiger partial charge on any atom is 0.249 e. The van der Waals surface area contributed by atoms with Gasteiger partial charge in [0.2, 0.25) is 11.8 Å². The molecule has 28 heavy (non-hydrogen) atoms. The molecule has 148 valence electrons. The van der Waals surface area contributed by atoms with Crippen LogP contribution in [0.25, 0.3) is 0 Å². The zero-order valence-electron chi connectivity index (χ0n) is 16.3. The lowest BCUT2D eigenvalue weighted by atomic mass is 9.92. The van der Waals surface area contributed by atoms with Crippen molar-refractivity contribution < 1.29 is 19.1 Å². The van der Waals surface area contributed by atoms with Crippen LogP contribution in [0.4, 0.5) is 5.69 Å². The third kappa shape index (κ3) is 3.80. The third-order valence-corrected chi connectivity index (χ3v) is 5.00. The first kappa shape index (κ1) is 19.7. The Balaban J connectivity index is 1.75. The molecule has 0 saturated carbocycles. The van der Waals surface area contributed by atoms with E-state index >= 15 is 0 Å². The van der Waals surface area contributed by atoms with Crippen molar-refractivity contribution in [1.29, 1.82) is 0 Å². The van der Waals surface area contributed by atoms with Gasteiger partial charge in [0, 0.05) is 24.7 Å². The number of ether oxygens (including phenoxy) is 2. The summed E-state index contributed by atoms with van der Waals surface area (Å²) in [5.41, 5.74) is 6.38. The molecule has 0 spiro atoms. The molecule has 1 heterocycles. The molecule has 2 aromatic rings. The number of carbonyl (C=O) groups is 2. The summed E-state index contributed by atoms with van der Waals surface area (Å²) in [4.78, 5) is 27.3. The van der Waals surface area contributed by atoms with Crippen LogP contribution >= 0.6 is 0 Å². The Morgan fingerprint density at radius 1 is 1.14 bits per heavy atom. The predicted octanol–water partition coefficient (Wildman–Crippen LogP) is 1.80. The molecule has 0 aliphatic carbocycles. The standard InChI is InChI=1S/C21H25N3O4/c1-21(22,14-7-5-4-6-8-14)20(26)23-18-9-10-24(19(18)25)15-11-16(27-2)13-17(12-15)28-3/h4-8,11-13,18H,9-10,22H2,1-3H3,(H,23,26). The lowest BCUT2D eigenvalue weighted by molar-refractivity contribution is -0.130. The Morgan fingerprint density at radius 2 is 1.75 bits per heavy atom. The summed E-state index contributed by atoms with van der Waals surface area (Å²) in [6.45, 7) is 2.12. The summed E-state index contributed by atoms with van der Waals surface area (Å²) in [5.74, 6) is 0.608. The lowest BCUT2D eigenvalue weighted by Crippen LogP contribution is -2.53. The fourth-order valence-corrected chi connectivity index (χ4v) is 3.24. The van der Waals surface area contributed by atoms with Crippen LogP contribution in [-0.2, 0) is 15.1 Å². The van der Waals surface area contributed by atoms with Crippen LogP contribution in [0.5, 0.6) is 11.5 Å². The van der Waals surface area contributed by atoms with Gasteiger partial charge in [-0.05, 0) is 18.9 Å². The highest BCUT2D eigenvalue weighted by Gasteiger charge is 2.38. The molecule has 2 aromatic carbocycles. The van der Waals surface area contributed by atoms with Crippen molar-refractivity contribution in [2.45, 2.75) is 24.9 Å². The van der Waals surface area contributed by atoms with E-state index in [9.17, 15) is 9.59 Å². The highest BCUT2D eigenvalue weighted by molar-refractivity contribution is 6.02. The van der Waals surface area contributed by atoms with Crippen LogP contribution in [0.1, 0.15) is 18.9 Å². The predicted molar refractivity (Wildman–Crippen MR) is 106 cm³/mol. The summed E-state index contributed by atoms with van der Waals surface area (Å²) >= 11 is 0. The Bertz CT molecular complexity index is 845. The van der Waals surface area contributed by atoms with E-state index in [1.165, 1.54) is 0 Å². The molecule has 2 atom stereocenters. The Hall–Kier alpha value is -3.06. The van der Waals surface area contributed by atoms with Crippen molar-refractivity contribution in [3.63, 3.8) is 0 Å². The average Bonchev–Trinajstić information content (AvgIpc) is 3.08. The minimum atomic E-state index is -1.23. The van der Waals surface area contributed by atoms with Gasteiger partial charge in [-0.25, -0.2) is 0 Å². The van der Waals surface area contributed by atoms with Crippen LogP contribution in [0.15, 0.2) is 48.5 Å². The number of nitrogens with zero attached hydrogens (tertiary/aromatic N) is 1. The Labute approximate surface area is 164 Å². The van der Waals surface area contributed by atoms with Crippen molar-refractivity contribution >= 4 is 17.5 Å². The molecule has 7 heteroatoms. The number of methoxy groups -OCH3 is 2. The van der Waals surface area contributed by atoms with Gasteiger partial charge in [-0.3, -0.25) is 9.59 Å². The minimum Gasteiger partial charge on any atom is -0.497 e. The summed E-state index contributed by atoms with van der Waals surface area (Å²) < 4.78 is 10.5. The molecule has 1 fully saturated rings. The fraction of sp³-hybridized carbons (Fsp3) is 0.333. The number of hydrogen-bond donors (Lipinski definition) is 2. The quantitative estimate of drug-likeness (QED) is 0.793. The van der Waals surface area contributed by atoms with E-state index < -0.39 is 11.6 Å². The number of benzene rings is 2. The van der Waals surface area contributed by atoms with E-state index in [1.807, 2.05) is 18.2 Å². The van der Waals surface area contributed by atoms with Gasteiger partial charge in [0.15, 0.2) is 0 Å². The van der Waals surface area contributed by atoms with E-state index in [1.54, 1.807) is 56.4 Å². The number of amides is 2. The average molecular weight is 383 g/mol. The summed E-state index contributed by atoms with van der Waals surface area (Å²) in [6.07, 6.45) is 0.495. The van der Waals surface area contributed by atoms with Gasteiger partial charge in [-0.15, -0.1) is 0 Å². The maximum atomic E-state index is 12.9. The number of nitrogens with one attached hydrogen (secondary N) is 1. The van der Waals surface area contributed by atoms with Gasteiger partial charge in [-0.1, -0.05) is 30.3 Å². The molecule has 1 aliphatic heterocycles. The molecule has 2 amide bonds. The number of carbonyl (C=O) groups excluding carboxylic acids is 2. The summed E-state index contributed by atoms with van der Waals surface area (Å²) in [5, 5.41) is 2.81. The first-order valence-electron chi connectivity index (χ1n) is 9.06. The van der Waals surface area contributed by atoms with Gasteiger partial charge < -0.3 is 25.4 Å². The maximum absolute atomic E-state index is 12.9. The van der Waals surface area contributed by atoms with E-state index in [2.05, 4.69) is 5.32 Å². The largest absolute Gasteiger partial charge is 0.497 e. The lowest BCUT2D eigenvalue weighted by Gasteiger charge is -2.26. The van der Waals surface area contributed by atoms with Gasteiger partial charge in [0.1, 0.15) is 23.1 Å². The molecule has 2 unspecified atom stereocenters. The van der Waals surface area contributed by atoms with Gasteiger partial charge in [0.25, 0.3) is 0 Å². The zero-order chi connectivity index (χ0) is 20.3. The topological polar surface area (TPSA) is 93.9 Å². The Kier molecular flexibility index (Phi) is 5.56. The van der Waals surface area contributed by atoms with Crippen molar-refractivity contribution in [1.82, 2.24) is 5.32 Å². The summed E-state index contributed by atoms with van der Waals surface area (Å²) in [7, 11) is 3.11. The minimum absolute atomic E-state index is 0.187. The molecule has 0 aromatic heterocycles. The smallest absolute Gasteiger partial charge is 0.249 e. The Morgan fingerprint density at radius 3 is 2.32 bits per heavy atom. The van der Waals surface area contributed by atoms with Crippen LogP contribution in [0.3, 0.4) is 0 Å². The monoisotopic (exact) mass is 383 g/mol. The molecule has 1 saturated heterocycles.